The summed E-state index contributed by atoms with van der Waals surface area (Å²) in [7, 11) is 0. The van der Waals surface area contributed by atoms with E-state index >= 15 is 0 Å². The van der Waals surface area contributed by atoms with Gasteiger partial charge >= 0.3 is 0 Å². The van der Waals surface area contributed by atoms with E-state index in [1.54, 1.807) is 30.5 Å². The Morgan fingerprint density at radius 2 is 1.64 bits per heavy atom. The highest BCUT2D eigenvalue weighted by atomic mass is 35.5. The monoisotopic (exact) mass is 583 g/mol. The van der Waals surface area contributed by atoms with E-state index in [1.807, 2.05) is 0 Å². The number of H-pyrrole nitrogens is 1. The standard InChI is InChI=1S/C25H15Cl5FN3O2/c26-13-5-12(6-14(27)8-13)21-22(25(21,29)30)24(36)33-15-1-2-17(28)16(9-15)23(35)34-20-7-11-3-4-32-19(11)10-18(20)31/h1-10,21-22,32H,(H,33,36)(H,34,35)/t21-,22+/m0/s1. The fourth-order valence-electron chi connectivity index (χ4n) is 4.18. The Bertz CT molecular complexity index is 1520. The summed E-state index contributed by atoms with van der Waals surface area (Å²) in [5, 5.41) is 6.88. The average Bonchev–Trinajstić information content (AvgIpc) is 3.12. The summed E-state index contributed by atoms with van der Waals surface area (Å²) in [6.07, 6.45) is 1.67. The zero-order valence-corrected chi connectivity index (χ0v) is 21.8. The predicted molar refractivity (Wildman–Crippen MR) is 143 cm³/mol. The van der Waals surface area contributed by atoms with Crippen molar-refractivity contribution in [3.63, 3.8) is 0 Å². The predicted octanol–water partition coefficient (Wildman–Crippen LogP) is 8.05. The second kappa shape index (κ2) is 9.43. The van der Waals surface area contributed by atoms with E-state index in [9.17, 15) is 14.0 Å². The second-order valence-corrected chi connectivity index (χ2v) is 11.1. The van der Waals surface area contributed by atoms with Gasteiger partial charge in [-0.1, -0.05) is 34.8 Å². The van der Waals surface area contributed by atoms with E-state index in [-0.39, 0.29) is 22.0 Å². The maximum absolute atomic E-state index is 14.5. The smallest absolute Gasteiger partial charge is 0.257 e. The third-order valence-electron chi connectivity index (χ3n) is 5.95. The first-order valence-electron chi connectivity index (χ1n) is 10.6. The number of alkyl halides is 2. The molecule has 4 aromatic rings. The Hall–Kier alpha value is -2.48. The lowest BCUT2D eigenvalue weighted by atomic mass is 10.1. The van der Waals surface area contributed by atoms with Gasteiger partial charge in [0.15, 0.2) is 0 Å². The van der Waals surface area contributed by atoms with Crippen LogP contribution in [0.4, 0.5) is 15.8 Å². The first kappa shape index (κ1) is 25.2. The van der Waals surface area contributed by atoms with Crippen molar-refractivity contribution in [2.75, 3.05) is 10.6 Å². The van der Waals surface area contributed by atoms with Gasteiger partial charge in [0.1, 0.15) is 10.2 Å². The van der Waals surface area contributed by atoms with Gasteiger partial charge in [0.25, 0.3) is 5.91 Å². The van der Waals surface area contributed by atoms with E-state index in [0.29, 0.717) is 21.1 Å². The van der Waals surface area contributed by atoms with Gasteiger partial charge in [-0.3, -0.25) is 9.59 Å². The van der Waals surface area contributed by atoms with Gasteiger partial charge in [-0.2, -0.15) is 0 Å². The number of amides is 2. The molecule has 0 aliphatic heterocycles. The molecule has 2 amide bonds. The molecular formula is C25H15Cl5FN3O2. The van der Waals surface area contributed by atoms with Crippen molar-refractivity contribution in [2.45, 2.75) is 10.3 Å². The third kappa shape index (κ3) is 4.76. The lowest BCUT2D eigenvalue weighted by Crippen LogP contribution is -2.18. The van der Waals surface area contributed by atoms with Gasteiger partial charge in [-0.25, -0.2) is 4.39 Å². The maximum Gasteiger partial charge on any atom is 0.257 e. The van der Waals surface area contributed by atoms with Crippen molar-refractivity contribution in [1.82, 2.24) is 4.98 Å². The SMILES string of the molecule is O=C(Nc1cc2cc[nH]c2cc1F)c1cc(NC(=O)[C@H]2[C@H](c3cc(Cl)cc(Cl)c3)C2(Cl)Cl)ccc1Cl. The maximum atomic E-state index is 14.5. The summed E-state index contributed by atoms with van der Waals surface area (Å²) in [5.41, 5.74) is 1.55. The molecule has 1 aliphatic carbocycles. The molecule has 184 valence electrons. The number of aromatic amines is 1. The molecule has 3 aromatic carbocycles. The summed E-state index contributed by atoms with van der Waals surface area (Å²) in [6.45, 7) is 0. The van der Waals surface area contributed by atoms with Crippen LogP contribution in [0.5, 0.6) is 0 Å². The third-order valence-corrected chi connectivity index (χ3v) is 7.65. The number of carbonyl (C=O) groups excluding carboxylic acids is 2. The number of carbonyl (C=O) groups is 2. The van der Waals surface area contributed by atoms with Crippen LogP contribution in [0.1, 0.15) is 21.8 Å². The number of nitrogens with one attached hydrogen (secondary N) is 3. The molecule has 36 heavy (non-hydrogen) atoms. The van der Waals surface area contributed by atoms with E-state index in [4.69, 9.17) is 58.0 Å². The number of rotatable bonds is 5. The Balaban J connectivity index is 1.34. The van der Waals surface area contributed by atoms with Gasteiger partial charge < -0.3 is 15.6 Å². The minimum atomic E-state index is -1.36. The second-order valence-electron chi connectivity index (χ2n) is 8.37. The van der Waals surface area contributed by atoms with Crippen LogP contribution in [0.15, 0.2) is 60.8 Å². The molecule has 0 unspecified atom stereocenters. The summed E-state index contributed by atoms with van der Waals surface area (Å²) in [4.78, 5) is 28.8. The highest BCUT2D eigenvalue weighted by Gasteiger charge is 2.67. The van der Waals surface area contributed by atoms with Gasteiger partial charge in [-0.15, -0.1) is 23.2 Å². The molecule has 0 radical (unpaired) electrons. The first-order valence-corrected chi connectivity index (χ1v) is 12.5. The van der Waals surface area contributed by atoms with E-state index in [1.165, 1.54) is 30.3 Å². The molecule has 0 bridgehead atoms. The minimum Gasteiger partial charge on any atom is -0.361 e. The topological polar surface area (TPSA) is 74.0 Å². The zero-order valence-electron chi connectivity index (χ0n) is 18.0. The van der Waals surface area contributed by atoms with Crippen LogP contribution in [0.2, 0.25) is 15.1 Å². The Labute approximate surface area is 229 Å². The van der Waals surface area contributed by atoms with Crippen LogP contribution in [0.3, 0.4) is 0 Å². The van der Waals surface area contributed by atoms with Gasteiger partial charge in [-0.05, 0) is 54.1 Å². The van der Waals surface area contributed by atoms with E-state index in [0.717, 1.165) is 5.39 Å². The molecule has 1 aliphatic rings. The molecule has 0 spiro atoms. The zero-order chi connectivity index (χ0) is 25.8. The number of fused-ring (bicyclic) bond motifs is 1. The van der Waals surface area contributed by atoms with Crippen molar-refractivity contribution in [3.05, 3.63) is 92.8 Å². The molecule has 5 rings (SSSR count). The van der Waals surface area contributed by atoms with Crippen LogP contribution < -0.4 is 10.6 Å². The van der Waals surface area contributed by atoms with Crippen molar-refractivity contribution < 1.29 is 14.0 Å². The highest BCUT2D eigenvalue weighted by molar-refractivity contribution is 6.53. The molecule has 1 heterocycles. The first-order chi connectivity index (χ1) is 17.0. The number of hydrogen-bond acceptors (Lipinski definition) is 2. The summed E-state index contributed by atoms with van der Waals surface area (Å²) >= 11 is 31.2. The van der Waals surface area contributed by atoms with Gasteiger partial charge in [0.05, 0.1) is 22.2 Å². The Morgan fingerprint density at radius 3 is 2.36 bits per heavy atom. The number of benzene rings is 3. The van der Waals surface area contributed by atoms with Crippen LogP contribution in [-0.4, -0.2) is 21.1 Å². The Morgan fingerprint density at radius 1 is 0.917 bits per heavy atom. The lowest BCUT2D eigenvalue weighted by Gasteiger charge is -2.11. The molecule has 1 aromatic heterocycles. The van der Waals surface area contributed by atoms with Crippen molar-refractivity contribution in [1.29, 1.82) is 0 Å². The highest BCUT2D eigenvalue weighted by Crippen LogP contribution is 2.65. The molecular weight excluding hydrogens is 571 g/mol. The largest absolute Gasteiger partial charge is 0.361 e. The van der Waals surface area contributed by atoms with Gasteiger partial charge in [0, 0.05) is 44.8 Å². The van der Waals surface area contributed by atoms with E-state index in [2.05, 4.69) is 15.6 Å². The fraction of sp³-hybridized carbons (Fsp3) is 0.120. The van der Waals surface area contributed by atoms with Crippen LogP contribution in [0.25, 0.3) is 10.9 Å². The van der Waals surface area contributed by atoms with Gasteiger partial charge in [0.2, 0.25) is 5.91 Å². The summed E-state index contributed by atoms with van der Waals surface area (Å²) in [6, 6.07) is 13.8. The molecule has 1 saturated carbocycles. The molecule has 0 saturated heterocycles. The molecule has 2 atom stereocenters. The molecule has 11 heteroatoms. The molecule has 5 nitrogen and oxygen atoms in total. The van der Waals surface area contributed by atoms with Crippen LogP contribution in [-0.2, 0) is 4.79 Å². The summed E-state index contributed by atoms with van der Waals surface area (Å²) < 4.78 is 13.1. The van der Waals surface area contributed by atoms with Crippen LogP contribution in [0, 0.1) is 11.7 Å². The van der Waals surface area contributed by atoms with Crippen LogP contribution >= 0.6 is 58.0 Å². The number of hydrogen-bond donors (Lipinski definition) is 3. The minimum absolute atomic E-state index is 0.00678. The Kier molecular flexibility index (Phi) is 6.60. The lowest BCUT2D eigenvalue weighted by molar-refractivity contribution is -0.117. The average molecular weight is 586 g/mol. The number of aromatic nitrogens is 1. The fourth-order valence-corrected chi connectivity index (χ4v) is 5.75. The normalized spacial score (nSPS) is 18.2. The molecule has 3 N–H and O–H groups in total. The number of anilines is 2. The quantitative estimate of drug-likeness (QED) is 0.207. The van der Waals surface area contributed by atoms with Crippen molar-refractivity contribution in [3.8, 4) is 0 Å². The van der Waals surface area contributed by atoms with E-state index < -0.39 is 33.8 Å². The molecule has 1 fully saturated rings. The number of halogens is 6. The van der Waals surface area contributed by atoms with Crippen molar-refractivity contribution in [2.24, 2.45) is 5.92 Å². The summed E-state index contributed by atoms with van der Waals surface area (Å²) in [5.74, 6) is -3.03. The van der Waals surface area contributed by atoms with Crippen molar-refractivity contribution >= 4 is 92.1 Å².